The molecule has 21 heavy (non-hydrogen) atoms. The monoisotopic (exact) mass is 314 g/mol. The van der Waals surface area contributed by atoms with Crippen LogP contribution in [0.4, 0.5) is 4.39 Å². The molecule has 0 spiro atoms. The van der Waals surface area contributed by atoms with E-state index in [4.69, 9.17) is 5.14 Å². The molecule has 7 heteroatoms. The minimum absolute atomic E-state index is 0.0765. The standard InChI is InChI=1S/C14H19FN2O3S/c1-3-4-9-6-11(9)17-14(18)10-5-8(2)13(15)12(7-10)21(16,19)20/h5,7,9,11H,3-4,6H2,1-2H3,(H,17,18)(H2,16,19,20). The van der Waals surface area contributed by atoms with Gasteiger partial charge in [0.2, 0.25) is 10.0 Å². The molecule has 2 rings (SSSR count). The Morgan fingerprint density at radius 1 is 1.48 bits per heavy atom. The molecule has 0 aromatic heterocycles. The van der Waals surface area contributed by atoms with Crippen LogP contribution in [-0.2, 0) is 10.0 Å². The minimum Gasteiger partial charge on any atom is -0.349 e. The molecule has 0 bridgehead atoms. The van der Waals surface area contributed by atoms with Gasteiger partial charge in [-0.05, 0) is 43.4 Å². The summed E-state index contributed by atoms with van der Waals surface area (Å²) in [5.41, 5.74) is 0.188. The minimum atomic E-state index is -4.20. The second kappa shape index (κ2) is 5.73. The highest BCUT2D eigenvalue weighted by atomic mass is 32.2. The number of rotatable bonds is 5. The first-order valence-electron chi connectivity index (χ1n) is 6.87. The Hall–Kier alpha value is -1.47. The number of halogens is 1. The van der Waals surface area contributed by atoms with E-state index in [9.17, 15) is 17.6 Å². The van der Waals surface area contributed by atoms with E-state index in [2.05, 4.69) is 12.2 Å². The highest BCUT2D eigenvalue weighted by Crippen LogP contribution is 2.34. The fraction of sp³-hybridized carbons (Fsp3) is 0.500. The number of primary sulfonamides is 1. The predicted molar refractivity (Wildman–Crippen MR) is 76.8 cm³/mol. The number of aryl methyl sites for hydroxylation is 1. The first-order chi connectivity index (χ1) is 9.74. The molecule has 2 atom stereocenters. The highest BCUT2D eigenvalue weighted by molar-refractivity contribution is 7.89. The van der Waals surface area contributed by atoms with Gasteiger partial charge in [0.1, 0.15) is 10.7 Å². The van der Waals surface area contributed by atoms with Gasteiger partial charge in [-0.3, -0.25) is 4.79 Å². The lowest BCUT2D eigenvalue weighted by Crippen LogP contribution is -2.27. The van der Waals surface area contributed by atoms with Gasteiger partial charge in [-0.1, -0.05) is 13.3 Å². The number of carbonyl (C=O) groups excluding carboxylic acids is 1. The summed E-state index contributed by atoms with van der Waals surface area (Å²) in [6.07, 6.45) is 3.04. The third-order valence-electron chi connectivity index (χ3n) is 3.69. The van der Waals surface area contributed by atoms with E-state index < -0.39 is 26.6 Å². The van der Waals surface area contributed by atoms with Gasteiger partial charge in [0.25, 0.3) is 5.91 Å². The third kappa shape index (κ3) is 3.59. The zero-order valence-corrected chi connectivity index (χ0v) is 12.8. The van der Waals surface area contributed by atoms with Gasteiger partial charge in [0.15, 0.2) is 0 Å². The van der Waals surface area contributed by atoms with Crippen molar-refractivity contribution in [2.75, 3.05) is 0 Å². The van der Waals surface area contributed by atoms with Crippen molar-refractivity contribution >= 4 is 15.9 Å². The van der Waals surface area contributed by atoms with E-state index in [0.717, 1.165) is 25.3 Å². The molecule has 1 amide bonds. The maximum Gasteiger partial charge on any atom is 0.251 e. The second-order valence-electron chi connectivity index (χ2n) is 5.51. The molecular weight excluding hydrogens is 295 g/mol. The number of hydrogen-bond donors (Lipinski definition) is 2. The van der Waals surface area contributed by atoms with Crippen LogP contribution < -0.4 is 10.5 Å². The predicted octanol–water partition coefficient (Wildman–Crippen LogP) is 1.70. The number of sulfonamides is 1. The lowest BCUT2D eigenvalue weighted by molar-refractivity contribution is 0.0948. The van der Waals surface area contributed by atoms with Crippen molar-refractivity contribution in [3.05, 3.63) is 29.1 Å². The van der Waals surface area contributed by atoms with Crippen molar-refractivity contribution in [3.63, 3.8) is 0 Å². The Morgan fingerprint density at radius 3 is 2.71 bits per heavy atom. The molecule has 0 heterocycles. The first kappa shape index (κ1) is 15.9. The van der Waals surface area contributed by atoms with Crippen molar-refractivity contribution in [3.8, 4) is 0 Å². The lowest BCUT2D eigenvalue weighted by atomic mass is 10.1. The molecule has 1 saturated carbocycles. The van der Waals surface area contributed by atoms with E-state index in [1.807, 2.05) is 0 Å². The molecule has 1 aliphatic rings. The Balaban J connectivity index is 2.21. The van der Waals surface area contributed by atoms with Crippen molar-refractivity contribution in [2.24, 2.45) is 11.1 Å². The summed E-state index contributed by atoms with van der Waals surface area (Å²) in [6, 6.07) is 2.45. The molecule has 0 radical (unpaired) electrons. The van der Waals surface area contributed by atoms with Crippen molar-refractivity contribution in [2.45, 2.75) is 44.0 Å². The van der Waals surface area contributed by atoms with Crippen LogP contribution in [0.5, 0.6) is 0 Å². The smallest absolute Gasteiger partial charge is 0.251 e. The van der Waals surface area contributed by atoms with Gasteiger partial charge in [0, 0.05) is 11.6 Å². The molecule has 1 aromatic rings. The van der Waals surface area contributed by atoms with E-state index in [1.165, 1.54) is 13.0 Å². The largest absolute Gasteiger partial charge is 0.349 e. The quantitative estimate of drug-likeness (QED) is 0.867. The summed E-state index contributed by atoms with van der Waals surface area (Å²) in [7, 11) is -4.20. The summed E-state index contributed by atoms with van der Waals surface area (Å²) in [6.45, 7) is 3.48. The molecule has 3 N–H and O–H groups in total. The van der Waals surface area contributed by atoms with Crippen molar-refractivity contribution < 1.29 is 17.6 Å². The van der Waals surface area contributed by atoms with E-state index in [-0.39, 0.29) is 17.2 Å². The number of hydrogen-bond acceptors (Lipinski definition) is 3. The Bertz CT molecular complexity index is 673. The van der Waals surface area contributed by atoms with Crippen LogP contribution in [0.2, 0.25) is 0 Å². The maximum atomic E-state index is 13.8. The Morgan fingerprint density at radius 2 is 2.14 bits per heavy atom. The summed E-state index contributed by atoms with van der Waals surface area (Å²) < 4.78 is 36.5. The van der Waals surface area contributed by atoms with E-state index in [0.29, 0.717) is 5.92 Å². The van der Waals surface area contributed by atoms with Gasteiger partial charge in [-0.15, -0.1) is 0 Å². The molecule has 5 nitrogen and oxygen atoms in total. The number of amides is 1. The van der Waals surface area contributed by atoms with E-state index in [1.54, 1.807) is 0 Å². The van der Waals surface area contributed by atoms with Crippen LogP contribution in [0, 0.1) is 18.7 Å². The average molecular weight is 314 g/mol. The number of benzene rings is 1. The third-order valence-corrected chi connectivity index (χ3v) is 4.60. The first-order valence-corrected chi connectivity index (χ1v) is 8.42. The topological polar surface area (TPSA) is 89.3 Å². The molecule has 0 aliphatic heterocycles. The van der Waals surface area contributed by atoms with Crippen molar-refractivity contribution in [1.29, 1.82) is 0 Å². The molecule has 1 aromatic carbocycles. The fourth-order valence-corrected chi connectivity index (χ4v) is 3.14. The summed E-state index contributed by atoms with van der Waals surface area (Å²) in [5.74, 6) is -0.825. The lowest BCUT2D eigenvalue weighted by Gasteiger charge is -2.09. The molecular formula is C14H19FN2O3S. The normalized spacial score (nSPS) is 21.1. The van der Waals surface area contributed by atoms with Crippen LogP contribution in [-0.4, -0.2) is 20.4 Å². The number of nitrogens with one attached hydrogen (secondary N) is 1. The van der Waals surface area contributed by atoms with Crippen LogP contribution in [0.15, 0.2) is 17.0 Å². The number of nitrogens with two attached hydrogens (primary N) is 1. The zero-order chi connectivity index (χ0) is 15.8. The summed E-state index contributed by atoms with van der Waals surface area (Å²) >= 11 is 0. The van der Waals surface area contributed by atoms with Crippen molar-refractivity contribution in [1.82, 2.24) is 5.32 Å². The molecule has 1 aliphatic carbocycles. The zero-order valence-electron chi connectivity index (χ0n) is 12.0. The van der Waals surface area contributed by atoms with Crippen LogP contribution >= 0.6 is 0 Å². The van der Waals surface area contributed by atoms with Crippen LogP contribution in [0.3, 0.4) is 0 Å². The van der Waals surface area contributed by atoms with Crippen LogP contribution in [0.25, 0.3) is 0 Å². The Kier molecular flexibility index (Phi) is 4.34. The molecule has 116 valence electrons. The van der Waals surface area contributed by atoms with E-state index >= 15 is 0 Å². The summed E-state index contributed by atoms with van der Waals surface area (Å²) in [5, 5.41) is 7.80. The Labute approximate surface area is 123 Å². The van der Waals surface area contributed by atoms with Gasteiger partial charge in [-0.25, -0.2) is 17.9 Å². The number of carbonyl (C=O) groups is 1. The molecule has 2 unspecified atom stereocenters. The summed E-state index contributed by atoms with van der Waals surface area (Å²) in [4.78, 5) is 11.5. The van der Waals surface area contributed by atoms with Gasteiger partial charge < -0.3 is 5.32 Å². The maximum absolute atomic E-state index is 13.8. The molecule has 0 saturated heterocycles. The average Bonchev–Trinajstić information content (AvgIpc) is 3.09. The van der Waals surface area contributed by atoms with Gasteiger partial charge in [-0.2, -0.15) is 0 Å². The van der Waals surface area contributed by atoms with Gasteiger partial charge >= 0.3 is 0 Å². The highest BCUT2D eigenvalue weighted by Gasteiger charge is 2.37. The fourth-order valence-electron chi connectivity index (χ4n) is 2.44. The molecule has 1 fully saturated rings. The van der Waals surface area contributed by atoms with Crippen LogP contribution in [0.1, 0.15) is 42.1 Å². The second-order valence-corrected chi connectivity index (χ2v) is 7.04. The van der Waals surface area contributed by atoms with Gasteiger partial charge in [0.05, 0.1) is 0 Å². The SMILES string of the molecule is CCCC1CC1NC(=O)c1cc(C)c(F)c(S(N)(=O)=O)c1.